The number of rotatable bonds is 15. The number of unbranched alkanes of at least 4 members (excludes halogenated alkanes) is 2. The topological polar surface area (TPSA) is 71.1 Å². The third-order valence-corrected chi connectivity index (χ3v) is 5.84. The minimum absolute atomic E-state index is 0.122. The van der Waals surface area contributed by atoms with Crippen LogP contribution in [0.3, 0.4) is 0 Å². The first-order valence-corrected chi connectivity index (χ1v) is 12.8. The van der Waals surface area contributed by atoms with Crippen LogP contribution in [0.1, 0.15) is 55.7 Å². The second kappa shape index (κ2) is 15.3. The molecule has 0 N–H and O–H groups in total. The van der Waals surface area contributed by atoms with Crippen LogP contribution in [0, 0.1) is 0 Å². The van der Waals surface area contributed by atoms with Crippen molar-refractivity contribution in [1.82, 2.24) is 0 Å². The average molecular weight is 505 g/mol. The zero-order valence-electron chi connectivity index (χ0n) is 21.7. The van der Waals surface area contributed by atoms with Crippen LogP contribution in [-0.2, 0) is 38.7 Å². The molecule has 37 heavy (non-hydrogen) atoms. The second-order valence-corrected chi connectivity index (χ2v) is 9.01. The fraction of sp³-hybridized carbons (Fsp3) is 0.355. The van der Waals surface area contributed by atoms with E-state index in [-0.39, 0.29) is 24.5 Å². The van der Waals surface area contributed by atoms with Crippen molar-refractivity contribution in [2.24, 2.45) is 0 Å². The molecule has 0 radical (unpaired) electrons. The SMILES string of the molecule is COC(=O)CCCCC[C@H](C)OC(=O)Cc1cc(OCc2ccccc2)cc(OCc2ccccc2)c1. The maximum atomic E-state index is 12.7. The van der Waals surface area contributed by atoms with Gasteiger partial charge in [0.05, 0.1) is 19.6 Å². The minimum Gasteiger partial charge on any atom is -0.489 e. The van der Waals surface area contributed by atoms with Gasteiger partial charge in [-0.15, -0.1) is 0 Å². The molecule has 0 aliphatic carbocycles. The summed E-state index contributed by atoms with van der Waals surface area (Å²) in [5.41, 5.74) is 2.88. The maximum Gasteiger partial charge on any atom is 0.310 e. The number of methoxy groups -OCH3 is 1. The number of benzene rings is 3. The van der Waals surface area contributed by atoms with Gasteiger partial charge >= 0.3 is 11.9 Å². The Morgan fingerprint density at radius 1 is 0.703 bits per heavy atom. The molecular weight excluding hydrogens is 468 g/mol. The summed E-state index contributed by atoms with van der Waals surface area (Å²) in [4.78, 5) is 23.8. The third-order valence-electron chi connectivity index (χ3n) is 5.84. The Labute approximate surface area is 219 Å². The highest BCUT2D eigenvalue weighted by molar-refractivity contribution is 5.73. The molecule has 0 amide bonds. The molecule has 1 atom stereocenters. The van der Waals surface area contributed by atoms with E-state index in [9.17, 15) is 9.59 Å². The largest absolute Gasteiger partial charge is 0.489 e. The molecule has 3 aromatic carbocycles. The van der Waals surface area contributed by atoms with Crippen LogP contribution in [0.2, 0.25) is 0 Å². The predicted octanol–water partition coefficient (Wildman–Crippen LogP) is 6.44. The lowest BCUT2D eigenvalue weighted by Gasteiger charge is -2.15. The van der Waals surface area contributed by atoms with Crippen molar-refractivity contribution in [2.75, 3.05) is 7.11 Å². The average Bonchev–Trinajstić information content (AvgIpc) is 2.91. The molecule has 6 nitrogen and oxygen atoms in total. The molecule has 3 aromatic rings. The molecule has 0 saturated heterocycles. The van der Waals surface area contributed by atoms with Gasteiger partial charge in [0.1, 0.15) is 24.7 Å². The fourth-order valence-electron chi connectivity index (χ4n) is 3.85. The summed E-state index contributed by atoms with van der Waals surface area (Å²) >= 11 is 0. The Morgan fingerprint density at radius 3 is 1.81 bits per heavy atom. The minimum atomic E-state index is -0.295. The lowest BCUT2D eigenvalue weighted by molar-refractivity contribution is -0.147. The summed E-state index contributed by atoms with van der Waals surface area (Å²) in [6, 6.07) is 25.4. The number of ether oxygens (including phenoxy) is 4. The van der Waals surface area contributed by atoms with Crippen molar-refractivity contribution in [1.29, 1.82) is 0 Å². The van der Waals surface area contributed by atoms with E-state index >= 15 is 0 Å². The Hall–Kier alpha value is -3.80. The Bertz CT molecular complexity index is 1040. The van der Waals surface area contributed by atoms with E-state index in [0.717, 1.165) is 42.4 Å². The molecule has 3 rings (SSSR count). The Balaban J connectivity index is 1.56. The van der Waals surface area contributed by atoms with Gasteiger partial charge in [-0.2, -0.15) is 0 Å². The summed E-state index contributed by atoms with van der Waals surface area (Å²) in [6.07, 6.45) is 3.63. The van der Waals surface area contributed by atoms with E-state index in [0.29, 0.717) is 31.1 Å². The van der Waals surface area contributed by atoms with Gasteiger partial charge in [-0.3, -0.25) is 9.59 Å². The van der Waals surface area contributed by atoms with Gasteiger partial charge in [-0.25, -0.2) is 0 Å². The van der Waals surface area contributed by atoms with Crippen LogP contribution >= 0.6 is 0 Å². The van der Waals surface area contributed by atoms with E-state index in [1.807, 2.05) is 85.8 Å². The highest BCUT2D eigenvalue weighted by Gasteiger charge is 2.13. The van der Waals surface area contributed by atoms with E-state index < -0.39 is 0 Å². The molecule has 0 unspecified atom stereocenters. The standard InChI is InChI=1S/C31H36O6/c1-24(12-6-3-11-17-30(32)34-2)37-31(33)20-27-18-28(35-22-25-13-7-4-8-14-25)21-29(19-27)36-23-26-15-9-5-10-16-26/h4-5,7-10,13-16,18-19,21,24H,3,6,11-12,17,20,22-23H2,1-2H3/t24-/m0/s1. The summed E-state index contributed by atoms with van der Waals surface area (Å²) in [5, 5.41) is 0. The van der Waals surface area contributed by atoms with Crippen LogP contribution < -0.4 is 9.47 Å². The molecule has 196 valence electrons. The van der Waals surface area contributed by atoms with Crippen LogP contribution in [0.4, 0.5) is 0 Å². The lowest BCUT2D eigenvalue weighted by Crippen LogP contribution is -2.16. The van der Waals surface area contributed by atoms with Crippen molar-refractivity contribution in [3.8, 4) is 11.5 Å². The van der Waals surface area contributed by atoms with Gasteiger partial charge in [-0.1, -0.05) is 67.1 Å². The monoisotopic (exact) mass is 504 g/mol. The molecule has 0 saturated carbocycles. The van der Waals surface area contributed by atoms with Crippen molar-refractivity contribution >= 4 is 11.9 Å². The van der Waals surface area contributed by atoms with Gasteiger partial charge in [0.25, 0.3) is 0 Å². The smallest absolute Gasteiger partial charge is 0.310 e. The molecule has 0 bridgehead atoms. The fourth-order valence-corrected chi connectivity index (χ4v) is 3.85. The van der Waals surface area contributed by atoms with Crippen molar-refractivity contribution in [3.05, 3.63) is 95.6 Å². The first-order chi connectivity index (χ1) is 18.0. The maximum absolute atomic E-state index is 12.7. The third kappa shape index (κ3) is 10.8. The number of carbonyl (C=O) groups is 2. The van der Waals surface area contributed by atoms with E-state index in [1.54, 1.807) is 0 Å². The van der Waals surface area contributed by atoms with Crippen LogP contribution in [0.5, 0.6) is 11.5 Å². The summed E-state index contributed by atoms with van der Waals surface area (Å²) < 4.78 is 22.3. The van der Waals surface area contributed by atoms with Gasteiger partial charge in [0, 0.05) is 12.5 Å². The first-order valence-electron chi connectivity index (χ1n) is 12.8. The van der Waals surface area contributed by atoms with Crippen molar-refractivity contribution < 1.29 is 28.5 Å². The summed E-state index contributed by atoms with van der Waals surface area (Å²) in [5.74, 6) is 0.782. The second-order valence-electron chi connectivity index (χ2n) is 9.01. The molecule has 6 heteroatoms. The quantitative estimate of drug-likeness (QED) is 0.175. The molecule has 0 aliphatic rings. The van der Waals surface area contributed by atoms with Gasteiger partial charge in [0.2, 0.25) is 0 Å². The van der Waals surface area contributed by atoms with Gasteiger partial charge in [-0.05, 0) is 55.0 Å². The van der Waals surface area contributed by atoms with Crippen LogP contribution in [-0.4, -0.2) is 25.2 Å². The van der Waals surface area contributed by atoms with Crippen molar-refractivity contribution in [2.45, 2.75) is 64.8 Å². The number of hydrogen-bond donors (Lipinski definition) is 0. The van der Waals surface area contributed by atoms with Crippen LogP contribution in [0.25, 0.3) is 0 Å². The molecule has 0 spiro atoms. The predicted molar refractivity (Wildman–Crippen MR) is 142 cm³/mol. The highest BCUT2D eigenvalue weighted by atomic mass is 16.5. The number of carbonyl (C=O) groups excluding carboxylic acids is 2. The van der Waals surface area contributed by atoms with Gasteiger partial charge in [0.15, 0.2) is 0 Å². The Kier molecular flexibility index (Phi) is 11.5. The normalized spacial score (nSPS) is 11.4. The molecule has 0 fully saturated rings. The van der Waals surface area contributed by atoms with E-state index in [2.05, 4.69) is 4.74 Å². The zero-order valence-corrected chi connectivity index (χ0v) is 21.7. The zero-order chi connectivity index (χ0) is 26.3. The Morgan fingerprint density at radius 2 is 1.27 bits per heavy atom. The van der Waals surface area contributed by atoms with Gasteiger partial charge < -0.3 is 18.9 Å². The molecule has 0 aliphatic heterocycles. The summed E-state index contributed by atoms with van der Waals surface area (Å²) in [6.45, 7) is 2.73. The number of hydrogen-bond acceptors (Lipinski definition) is 6. The van der Waals surface area contributed by atoms with Crippen LogP contribution in [0.15, 0.2) is 78.9 Å². The van der Waals surface area contributed by atoms with E-state index in [1.165, 1.54) is 7.11 Å². The molecule has 0 heterocycles. The first kappa shape index (κ1) is 27.8. The van der Waals surface area contributed by atoms with Crippen molar-refractivity contribution in [3.63, 3.8) is 0 Å². The highest BCUT2D eigenvalue weighted by Crippen LogP contribution is 2.25. The molecular formula is C31H36O6. The summed E-state index contributed by atoms with van der Waals surface area (Å²) in [7, 11) is 1.40. The number of esters is 2. The molecule has 0 aromatic heterocycles. The lowest BCUT2D eigenvalue weighted by atomic mass is 10.1. The van der Waals surface area contributed by atoms with E-state index in [4.69, 9.17) is 14.2 Å².